The molecule has 10 heavy (non-hydrogen) atoms. The molecule has 0 radical (unpaired) electrons. The van der Waals surface area contributed by atoms with Crippen LogP contribution in [0.1, 0.15) is 25.7 Å². The highest BCUT2D eigenvalue weighted by molar-refractivity contribution is 4.87. The number of rotatable bonds is 0. The molecule has 0 amide bonds. The summed E-state index contributed by atoms with van der Waals surface area (Å²) in [6, 6.07) is 1.37. The van der Waals surface area contributed by atoms with Crippen molar-refractivity contribution in [2.45, 2.75) is 37.8 Å². The number of nitrogens with two attached hydrogens (primary N) is 1. The second-order valence-corrected chi connectivity index (χ2v) is 3.63. The third kappa shape index (κ3) is 1.06. The molecule has 2 atom stereocenters. The van der Waals surface area contributed by atoms with E-state index in [0.29, 0.717) is 6.04 Å². The van der Waals surface area contributed by atoms with Crippen molar-refractivity contribution in [2.75, 3.05) is 13.1 Å². The van der Waals surface area contributed by atoms with E-state index in [4.69, 9.17) is 5.73 Å². The van der Waals surface area contributed by atoms with Crippen LogP contribution in [-0.2, 0) is 0 Å². The Kier molecular flexibility index (Phi) is 1.66. The van der Waals surface area contributed by atoms with Gasteiger partial charge in [0.05, 0.1) is 0 Å². The first-order chi connectivity index (χ1) is 4.86. The minimum absolute atomic E-state index is 0.467. The van der Waals surface area contributed by atoms with E-state index in [1.165, 1.54) is 32.2 Å². The molecule has 2 heteroatoms. The summed E-state index contributed by atoms with van der Waals surface area (Å²) in [6.07, 6.45) is 5.42. The van der Waals surface area contributed by atoms with E-state index in [9.17, 15) is 0 Å². The molecule has 2 aliphatic rings. The molecule has 2 nitrogen and oxygen atoms in total. The van der Waals surface area contributed by atoms with Gasteiger partial charge in [0.1, 0.15) is 0 Å². The summed E-state index contributed by atoms with van der Waals surface area (Å²) in [5.41, 5.74) is 5.85. The summed E-state index contributed by atoms with van der Waals surface area (Å²) in [5, 5.41) is 0. The Hall–Kier alpha value is -0.0800. The Balaban J connectivity index is 1.96. The first kappa shape index (κ1) is 6.62. The summed E-state index contributed by atoms with van der Waals surface area (Å²) in [6.45, 7) is 2.46. The maximum Gasteiger partial charge on any atom is 0.0168 e. The molecule has 0 bridgehead atoms. The summed E-state index contributed by atoms with van der Waals surface area (Å²) in [4.78, 5) is 2.56. The van der Waals surface area contributed by atoms with Crippen LogP contribution in [0.3, 0.4) is 0 Å². The normalized spacial score (nSPS) is 41.7. The van der Waals surface area contributed by atoms with Crippen molar-refractivity contribution >= 4 is 0 Å². The maximum atomic E-state index is 5.85. The van der Waals surface area contributed by atoms with Crippen LogP contribution in [0.15, 0.2) is 0 Å². The Bertz CT molecular complexity index is 124. The van der Waals surface area contributed by atoms with E-state index < -0.39 is 0 Å². The minimum Gasteiger partial charge on any atom is -0.327 e. The van der Waals surface area contributed by atoms with Gasteiger partial charge in [0.25, 0.3) is 0 Å². The first-order valence-electron chi connectivity index (χ1n) is 4.36. The van der Waals surface area contributed by atoms with Crippen LogP contribution < -0.4 is 5.73 Å². The van der Waals surface area contributed by atoms with Crippen molar-refractivity contribution < 1.29 is 0 Å². The van der Waals surface area contributed by atoms with Crippen LogP contribution in [0, 0.1) is 0 Å². The van der Waals surface area contributed by atoms with Gasteiger partial charge in [0.15, 0.2) is 0 Å². The molecule has 2 unspecified atom stereocenters. The summed E-state index contributed by atoms with van der Waals surface area (Å²) in [5.74, 6) is 0. The van der Waals surface area contributed by atoms with Crippen LogP contribution in [-0.4, -0.2) is 30.1 Å². The van der Waals surface area contributed by atoms with Crippen molar-refractivity contribution in [1.82, 2.24) is 4.90 Å². The van der Waals surface area contributed by atoms with Crippen LogP contribution in [0.25, 0.3) is 0 Å². The molecule has 0 aromatic carbocycles. The smallest absolute Gasteiger partial charge is 0.0168 e. The zero-order chi connectivity index (χ0) is 6.97. The third-order valence-corrected chi connectivity index (χ3v) is 2.84. The molecule has 0 aromatic rings. The van der Waals surface area contributed by atoms with E-state index >= 15 is 0 Å². The highest BCUT2D eigenvalue weighted by Crippen LogP contribution is 2.25. The van der Waals surface area contributed by atoms with Crippen molar-refractivity contribution in [3.63, 3.8) is 0 Å². The molecular weight excluding hydrogens is 124 g/mol. The zero-order valence-electron chi connectivity index (χ0n) is 6.42. The molecule has 0 aromatic heterocycles. The predicted octanol–water partition coefficient (Wildman–Crippen LogP) is 0.572. The maximum absolute atomic E-state index is 5.85. The van der Waals surface area contributed by atoms with E-state index in [0.717, 1.165) is 12.6 Å². The molecule has 2 N–H and O–H groups in total. The van der Waals surface area contributed by atoms with Crippen LogP contribution in [0.5, 0.6) is 0 Å². The molecule has 2 aliphatic heterocycles. The Morgan fingerprint density at radius 2 is 2.10 bits per heavy atom. The van der Waals surface area contributed by atoms with E-state index in [1.807, 2.05) is 0 Å². The molecule has 2 rings (SSSR count). The Morgan fingerprint density at radius 1 is 1.20 bits per heavy atom. The molecule has 2 fully saturated rings. The summed E-state index contributed by atoms with van der Waals surface area (Å²) < 4.78 is 0. The second-order valence-electron chi connectivity index (χ2n) is 3.63. The predicted molar refractivity (Wildman–Crippen MR) is 41.8 cm³/mol. The van der Waals surface area contributed by atoms with Gasteiger partial charge in [-0.15, -0.1) is 0 Å². The van der Waals surface area contributed by atoms with Gasteiger partial charge in [0.2, 0.25) is 0 Å². The fraction of sp³-hybridized carbons (Fsp3) is 1.00. The van der Waals surface area contributed by atoms with E-state index in [-0.39, 0.29) is 0 Å². The van der Waals surface area contributed by atoms with Crippen molar-refractivity contribution in [3.8, 4) is 0 Å². The fourth-order valence-electron chi connectivity index (χ4n) is 2.26. The molecule has 2 heterocycles. The molecule has 0 saturated carbocycles. The average Bonchev–Trinajstić information content (AvgIpc) is 2.33. The van der Waals surface area contributed by atoms with Gasteiger partial charge in [-0.3, -0.25) is 4.90 Å². The fourth-order valence-corrected chi connectivity index (χ4v) is 2.26. The molecular formula is C8H16N2. The van der Waals surface area contributed by atoms with Crippen LogP contribution in [0.4, 0.5) is 0 Å². The quantitative estimate of drug-likeness (QED) is 0.533. The van der Waals surface area contributed by atoms with E-state index in [1.54, 1.807) is 0 Å². The molecule has 2 saturated heterocycles. The lowest BCUT2D eigenvalue weighted by Crippen LogP contribution is -2.45. The Labute approximate surface area is 62.4 Å². The third-order valence-electron chi connectivity index (χ3n) is 2.84. The van der Waals surface area contributed by atoms with Gasteiger partial charge in [0, 0.05) is 18.6 Å². The SMILES string of the molecule is NC1CCC2CCCN2C1. The van der Waals surface area contributed by atoms with Gasteiger partial charge < -0.3 is 5.73 Å². The van der Waals surface area contributed by atoms with Gasteiger partial charge >= 0.3 is 0 Å². The summed E-state index contributed by atoms with van der Waals surface area (Å²) >= 11 is 0. The number of piperidine rings is 1. The lowest BCUT2D eigenvalue weighted by Gasteiger charge is -2.32. The molecule has 0 aliphatic carbocycles. The van der Waals surface area contributed by atoms with Crippen molar-refractivity contribution in [2.24, 2.45) is 5.73 Å². The van der Waals surface area contributed by atoms with Crippen LogP contribution >= 0.6 is 0 Å². The highest BCUT2D eigenvalue weighted by Gasteiger charge is 2.29. The van der Waals surface area contributed by atoms with Gasteiger partial charge in [-0.2, -0.15) is 0 Å². The monoisotopic (exact) mass is 140 g/mol. The molecule has 58 valence electrons. The number of hydrogen-bond acceptors (Lipinski definition) is 2. The van der Waals surface area contributed by atoms with Gasteiger partial charge in [-0.05, 0) is 32.2 Å². The van der Waals surface area contributed by atoms with Gasteiger partial charge in [-0.1, -0.05) is 0 Å². The molecule has 0 spiro atoms. The highest BCUT2D eigenvalue weighted by atomic mass is 15.2. The first-order valence-corrected chi connectivity index (χ1v) is 4.36. The van der Waals surface area contributed by atoms with Crippen LogP contribution in [0.2, 0.25) is 0 Å². The van der Waals surface area contributed by atoms with Gasteiger partial charge in [-0.25, -0.2) is 0 Å². The summed E-state index contributed by atoms with van der Waals surface area (Å²) in [7, 11) is 0. The number of nitrogens with zero attached hydrogens (tertiary/aromatic N) is 1. The second kappa shape index (κ2) is 2.51. The van der Waals surface area contributed by atoms with Crippen molar-refractivity contribution in [3.05, 3.63) is 0 Å². The minimum atomic E-state index is 0.467. The lowest BCUT2D eigenvalue weighted by molar-refractivity contribution is 0.180. The average molecular weight is 140 g/mol. The standard InChI is InChI=1S/C8H16N2/c9-7-3-4-8-2-1-5-10(8)6-7/h7-8H,1-6,9H2. The lowest BCUT2D eigenvalue weighted by atomic mass is 10.00. The largest absolute Gasteiger partial charge is 0.327 e. The van der Waals surface area contributed by atoms with E-state index in [2.05, 4.69) is 4.90 Å². The number of hydrogen-bond donors (Lipinski definition) is 1. The topological polar surface area (TPSA) is 29.3 Å². The Morgan fingerprint density at radius 3 is 3.00 bits per heavy atom. The number of fused-ring (bicyclic) bond motifs is 1. The van der Waals surface area contributed by atoms with Crippen molar-refractivity contribution in [1.29, 1.82) is 0 Å². The zero-order valence-corrected chi connectivity index (χ0v) is 6.42.